The molecule has 0 saturated carbocycles. The van der Waals surface area contributed by atoms with Crippen molar-refractivity contribution < 1.29 is 13.9 Å². The molecule has 2 rings (SSSR count). The van der Waals surface area contributed by atoms with E-state index in [1.54, 1.807) is 20.3 Å². The van der Waals surface area contributed by atoms with Crippen LogP contribution in [-0.4, -0.2) is 19.2 Å². The van der Waals surface area contributed by atoms with Crippen LogP contribution in [0.25, 0.3) is 10.6 Å². The van der Waals surface area contributed by atoms with Crippen molar-refractivity contribution in [2.45, 2.75) is 6.29 Å². The van der Waals surface area contributed by atoms with Crippen molar-refractivity contribution in [2.24, 2.45) is 0 Å². The molecule has 0 radical (unpaired) electrons. The number of hydrogen-bond donors (Lipinski definition) is 0. The van der Waals surface area contributed by atoms with Crippen LogP contribution in [0.2, 0.25) is 0 Å². The third-order valence-electron chi connectivity index (χ3n) is 2.35. The van der Waals surface area contributed by atoms with Gasteiger partial charge in [-0.1, -0.05) is 15.9 Å². The SMILES string of the molecule is COC(OC)c1csc(-c2cc(F)ccc2Br)n1. The fourth-order valence-corrected chi connectivity index (χ4v) is 2.93. The van der Waals surface area contributed by atoms with Crippen LogP contribution >= 0.6 is 27.3 Å². The second-order valence-corrected chi connectivity index (χ2v) is 5.22. The number of nitrogens with zero attached hydrogens (tertiary/aromatic N) is 1. The molecule has 96 valence electrons. The molecule has 0 aliphatic carbocycles. The van der Waals surface area contributed by atoms with E-state index in [1.165, 1.54) is 23.5 Å². The lowest BCUT2D eigenvalue weighted by Gasteiger charge is -2.09. The zero-order valence-electron chi connectivity index (χ0n) is 9.81. The van der Waals surface area contributed by atoms with E-state index >= 15 is 0 Å². The van der Waals surface area contributed by atoms with Gasteiger partial charge in [-0.2, -0.15) is 0 Å². The van der Waals surface area contributed by atoms with E-state index in [9.17, 15) is 4.39 Å². The van der Waals surface area contributed by atoms with Gasteiger partial charge < -0.3 is 9.47 Å². The second kappa shape index (κ2) is 5.88. The first kappa shape index (κ1) is 13.6. The van der Waals surface area contributed by atoms with E-state index in [-0.39, 0.29) is 5.82 Å². The molecule has 0 spiro atoms. The molecule has 0 amide bonds. The molecule has 0 aliphatic rings. The van der Waals surface area contributed by atoms with Crippen LogP contribution < -0.4 is 0 Å². The summed E-state index contributed by atoms with van der Waals surface area (Å²) >= 11 is 4.80. The Morgan fingerprint density at radius 1 is 1.33 bits per heavy atom. The molecule has 6 heteroatoms. The second-order valence-electron chi connectivity index (χ2n) is 3.51. The molecule has 1 aromatic carbocycles. The number of hydrogen-bond acceptors (Lipinski definition) is 4. The molecule has 0 fully saturated rings. The maximum Gasteiger partial charge on any atom is 0.201 e. The highest BCUT2D eigenvalue weighted by Crippen LogP contribution is 2.33. The summed E-state index contributed by atoms with van der Waals surface area (Å²) < 4.78 is 24.3. The van der Waals surface area contributed by atoms with Crippen LogP contribution in [0, 0.1) is 5.82 Å². The average Bonchev–Trinajstić information content (AvgIpc) is 2.83. The summed E-state index contributed by atoms with van der Waals surface area (Å²) in [5, 5.41) is 2.56. The number of aromatic nitrogens is 1. The van der Waals surface area contributed by atoms with Crippen molar-refractivity contribution >= 4 is 27.3 Å². The highest BCUT2D eigenvalue weighted by atomic mass is 79.9. The Balaban J connectivity index is 2.37. The maximum atomic E-state index is 13.2. The van der Waals surface area contributed by atoms with E-state index in [4.69, 9.17) is 9.47 Å². The lowest BCUT2D eigenvalue weighted by atomic mass is 10.2. The molecule has 0 bridgehead atoms. The number of halogens is 2. The Morgan fingerprint density at radius 3 is 2.72 bits per heavy atom. The lowest BCUT2D eigenvalue weighted by molar-refractivity contribution is -0.108. The van der Waals surface area contributed by atoms with Gasteiger partial charge in [-0.15, -0.1) is 11.3 Å². The molecule has 0 aliphatic heterocycles. The normalized spacial score (nSPS) is 11.2. The quantitative estimate of drug-likeness (QED) is 0.793. The van der Waals surface area contributed by atoms with E-state index in [0.717, 1.165) is 15.0 Å². The number of methoxy groups -OCH3 is 2. The topological polar surface area (TPSA) is 31.4 Å². The van der Waals surface area contributed by atoms with Gasteiger partial charge in [-0.25, -0.2) is 9.37 Å². The first-order valence-electron chi connectivity index (χ1n) is 5.12. The van der Waals surface area contributed by atoms with Gasteiger partial charge in [0, 0.05) is 29.6 Å². The molecule has 0 N–H and O–H groups in total. The fourth-order valence-electron chi connectivity index (χ4n) is 1.52. The van der Waals surface area contributed by atoms with Gasteiger partial charge >= 0.3 is 0 Å². The Morgan fingerprint density at radius 2 is 2.06 bits per heavy atom. The first-order valence-corrected chi connectivity index (χ1v) is 6.79. The molecule has 3 nitrogen and oxygen atoms in total. The predicted octanol–water partition coefficient (Wildman–Crippen LogP) is 4.00. The summed E-state index contributed by atoms with van der Waals surface area (Å²) in [6, 6.07) is 4.51. The summed E-state index contributed by atoms with van der Waals surface area (Å²) in [5.74, 6) is -0.292. The van der Waals surface area contributed by atoms with E-state index in [2.05, 4.69) is 20.9 Å². The van der Waals surface area contributed by atoms with Crippen LogP contribution in [0.1, 0.15) is 12.0 Å². The highest BCUT2D eigenvalue weighted by Gasteiger charge is 2.15. The van der Waals surface area contributed by atoms with Crippen LogP contribution in [0.15, 0.2) is 28.1 Å². The zero-order chi connectivity index (χ0) is 13.1. The third kappa shape index (κ3) is 2.77. The van der Waals surface area contributed by atoms with Crippen molar-refractivity contribution in [3.05, 3.63) is 39.6 Å². The Bertz CT molecular complexity index is 543. The highest BCUT2D eigenvalue weighted by molar-refractivity contribution is 9.10. The monoisotopic (exact) mass is 331 g/mol. The van der Waals surface area contributed by atoms with E-state index in [0.29, 0.717) is 5.69 Å². The Labute approximate surface area is 117 Å². The van der Waals surface area contributed by atoms with Crippen molar-refractivity contribution in [1.82, 2.24) is 4.98 Å². The summed E-state index contributed by atoms with van der Waals surface area (Å²) in [6.45, 7) is 0. The number of ether oxygens (including phenoxy) is 2. The maximum absolute atomic E-state index is 13.2. The van der Waals surface area contributed by atoms with Gasteiger partial charge in [0.15, 0.2) is 0 Å². The van der Waals surface area contributed by atoms with E-state index in [1.807, 2.05) is 5.38 Å². The Kier molecular flexibility index (Phi) is 4.45. The minimum atomic E-state index is -0.498. The lowest BCUT2D eigenvalue weighted by Crippen LogP contribution is -2.03. The van der Waals surface area contributed by atoms with Crippen molar-refractivity contribution in [3.63, 3.8) is 0 Å². The number of thiazole rings is 1. The largest absolute Gasteiger partial charge is 0.350 e. The van der Waals surface area contributed by atoms with Crippen molar-refractivity contribution in [1.29, 1.82) is 0 Å². The molecule has 1 aromatic heterocycles. The standard InChI is InChI=1S/C12H11BrFNO2S/c1-16-12(17-2)10-6-18-11(15-10)8-5-7(14)3-4-9(8)13/h3-6,12H,1-2H3. The predicted molar refractivity (Wildman–Crippen MR) is 72.0 cm³/mol. The first-order chi connectivity index (χ1) is 8.65. The van der Waals surface area contributed by atoms with Crippen molar-refractivity contribution in [2.75, 3.05) is 14.2 Å². The number of benzene rings is 1. The van der Waals surface area contributed by atoms with Crippen molar-refractivity contribution in [3.8, 4) is 10.6 Å². The summed E-state index contributed by atoms with van der Waals surface area (Å²) in [6.07, 6.45) is -0.498. The molecule has 0 saturated heterocycles. The van der Waals surface area contributed by atoms with Crippen LogP contribution in [0.5, 0.6) is 0 Å². The minimum absolute atomic E-state index is 0.292. The third-order valence-corrected chi connectivity index (χ3v) is 3.94. The van der Waals surface area contributed by atoms with Gasteiger partial charge in [0.2, 0.25) is 6.29 Å². The van der Waals surface area contributed by atoms with Gasteiger partial charge in [0.25, 0.3) is 0 Å². The molecule has 0 unspecified atom stereocenters. The molecule has 2 aromatic rings. The van der Waals surface area contributed by atoms with Crippen LogP contribution in [0.3, 0.4) is 0 Å². The average molecular weight is 332 g/mol. The summed E-state index contributed by atoms with van der Waals surface area (Å²) in [7, 11) is 3.09. The van der Waals surface area contributed by atoms with Gasteiger partial charge in [0.05, 0.1) is 0 Å². The van der Waals surface area contributed by atoms with Crippen LogP contribution in [0.4, 0.5) is 4.39 Å². The molecule has 18 heavy (non-hydrogen) atoms. The summed E-state index contributed by atoms with van der Waals surface area (Å²) in [5.41, 5.74) is 1.40. The smallest absolute Gasteiger partial charge is 0.201 e. The minimum Gasteiger partial charge on any atom is -0.350 e. The summed E-state index contributed by atoms with van der Waals surface area (Å²) in [4.78, 5) is 4.40. The molecular weight excluding hydrogens is 321 g/mol. The molecule has 0 atom stereocenters. The zero-order valence-corrected chi connectivity index (χ0v) is 12.2. The van der Waals surface area contributed by atoms with Gasteiger partial charge in [0.1, 0.15) is 16.5 Å². The van der Waals surface area contributed by atoms with E-state index < -0.39 is 6.29 Å². The van der Waals surface area contributed by atoms with Crippen LogP contribution in [-0.2, 0) is 9.47 Å². The van der Waals surface area contributed by atoms with Gasteiger partial charge in [-0.3, -0.25) is 0 Å². The number of rotatable bonds is 4. The molecular formula is C12H11BrFNO2S. The molecule has 1 heterocycles. The fraction of sp³-hybridized carbons (Fsp3) is 0.250. The Hall–Kier alpha value is -0.820. The van der Waals surface area contributed by atoms with Gasteiger partial charge in [-0.05, 0) is 18.2 Å².